The van der Waals surface area contributed by atoms with Crippen LogP contribution in [0.4, 0.5) is 11.9 Å². The Balaban J connectivity index is 0.000000153. The van der Waals surface area contributed by atoms with Crippen LogP contribution in [-0.4, -0.2) is 69.5 Å². The van der Waals surface area contributed by atoms with Gasteiger partial charge in [0.15, 0.2) is 0 Å². The van der Waals surface area contributed by atoms with E-state index >= 15 is 0 Å². The summed E-state index contributed by atoms with van der Waals surface area (Å²) in [5, 5.41) is 19.2. The second-order valence-corrected chi connectivity index (χ2v) is 17.0. The quantitative estimate of drug-likeness (QED) is 0.156. The van der Waals surface area contributed by atoms with Crippen LogP contribution in [0.1, 0.15) is 55.2 Å². The Morgan fingerprint density at radius 2 is 1.12 bits per heavy atom. The smallest absolute Gasteiger partial charge is 0.263 e. The molecule has 0 N–H and O–H groups in total. The minimum atomic E-state index is -0.0713. The normalized spacial score (nSPS) is 14.8. The zero-order chi connectivity index (χ0) is 40.5. The molecule has 0 spiro atoms. The summed E-state index contributed by atoms with van der Waals surface area (Å²) in [4.78, 5) is 35.3. The summed E-state index contributed by atoms with van der Waals surface area (Å²) in [6.07, 6.45) is 14.6. The molecule has 0 atom stereocenters. The van der Waals surface area contributed by atoms with Crippen molar-refractivity contribution in [2.75, 3.05) is 36.0 Å². The Morgan fingerprint density at radius 3 is 1.68 bits per heavy atom. The van der Waals surface area contributed by atoms with Crippen molar-refractivity contribution in [1.82, 2.24) is 43.3 Å². The van der Waals surface area contributed by atoms with E-state index in [0.717, 1.165) is 94.9 Å². The van der Waals surface area contributed by atoms with E-state index in [2.05, 4.69) is 98.2 Å². The lowest BCUT2D eigenvalue weighted by Gasteiger charge is -2.20. The number of pyridine rings is 1. The molecule has 0 aliphatic carbocycles. The maximum Gasteiger partial charge on any atom is 0.263 e. The number of aryl methyl sites for hydroxylation is 1. The van der Waals surface area contributed by atoms with E-state index in [9.17, 15) is 9.59 Å². The number of hydrogen-bond donors (Lipinski definition) is 0. The molecule has 300 valence electrons. The fourth-order valence-electron chi connectivity index (χ4n) is 8.09. The Labute approximate surface area is 356 Å². The minimum Gasteiger partial charge on any atom is -0.341 e. The Morgan fingerprint density at radius 1 is 0.610 bits per heavy atom. The lowest BCUT2D eigenvalue weighted by molar-refractivity contribution is 0.726. The van der Waals surface area contributed by atoms with Crippen molar-refractivity contribution < 1.29 is 0 Å². The van der Waals surface area contributed by atoms with E-state index in [1.165, 1.54) is 18.4 Å². The standard InChI is InChI=1S/C23H23BrN6O.C21H20BrN5O/c24-18-7-8-20-19(16-18)21(31)29(15-5-6-17-9-11-25-12-10-17)23-27-26-22(30(20)23)28-13-3-1-2-4-14-28;1-14-4-6-15(7-5-14)13-26-19(28)17-12-16(22)8-9-18(17)27-20(23-24-21(26)27)25-10-2-3-11-25/h5-12,16H,1-4,13-15H2;4-9,12H,2-3,10-11,13H2,1H3. The highest BCUT2D eigenvalue weighted by molar-refractivity contribution is 9.10. The van der Waals surface area contributed by atoms with Gasteiger partial charge < -0.3 is 9.80 Å². The number of halogens is 2. The van der Waals surface area contributed by atoms with Crippen LogP contribution < -0.4 is 20.9 Å². The Hall–Kier alpha value is -5.67. The first-order valence-electron chi connectivity index (χ1n) is 20.1. The number of anilines is 2. The van der Waals surface area contributed by atoms with Gasteiger partial charge in [0.1, 0.15) is 0 Å². The summed E-state index contributed by atoms with van der Waals surface area (Å²) < 4.78 is 9.25. The molecule has 0 amide bonds. The first-order chi connectivity index (χ1) is 28.8. The molecular weight excluding hydrogens is 874 g/mol. The molecule has 0 radical (unpaired) electrons. The summed E-state index contributed by atoms with van der Waals surface area (Å²) in [5.74, 6) is 2.79. The third kappa shape index (κ3) is 7.80. The molecule has 5 aromatic heterocycles. The predicted molar refractivity (Wildman–Crippen MR) is 241 cm³/mol. The van der Waals surface area contributed by atoms with Gasteiger partial charge in [-0.05, 0) is 92.3 Å². The Kier molecular flexibility index (Phi) is 11.1. The molecule has 15 heteroatoms. The molecule has 2 fully saturated rings. The second-order valence-electron chi connectivity index (χ2n) is 15.2. The van der Waals surface area contributed by atoms with Crippen molar-refractivity contribution in [2.24, 2.45) is 0 Å². The summed E-state index contributed by atoms with van der Waals surface area (Å²) >= 11 is 7.02. The van der Waals surface area contributed by atoms with Gasteiger partial charge >= 0.3 is 0 Å². The van der Waals surface area contributed by atoms with Crippen molar-refractivity contribution in [3.05, 3.63) is 138 Å². The second kappa shape index (κ2) is 16.9. The van der Waals surface area contributed by atoms with Crippen LogP contribution in [0, 0.1) is 6.92 Å². The van der Waals surface area contributed by atoms with E-state index < -0.39 is 0 Å². The van der Waals surface area contributed by atoms with Gasteiger partial charge in [0.25, 0.3) is 11.1 Å². The molecule has 8 aromatic rings. The predicted octanol–water partition coefficient (Wildman–Crippen LogP) is 8.06. The van der Waals surface area contributed by atoms with E-state index in [1.54, 1.807) is 21.5 Å². The van der Waals surface area contributed by atoms with Crippen LogP contribution in [0.25, 0.3) is 39.4 Å². The fourth-order valence-corrected chi connectivity index (χ4v) is 8.81. The average Bonchev–Trinajstić information content (AvgIpc) is 4.00. The summed E-state index contributed by atoms with van der Waals surface area (Å²) in [7, 11) is 0. The van der Waals surface area contributed by atoms with Gasteiger partial charge in [-0.2, -0.15) is 0 Å². The number of hydrogen-bond acceptors (Lipinski definition) is 9. The first-order valence-corrected chi connectivity index (χ1v) is 21.7. The maximum atomic E-state index is 13.4. The summed E-state index contributed by atoms with van der Waals surface area (Å²) in [6, 6.07) is 23.7. The van der Waals surface area contributed by atoms with Gasteiger partial charge in [-0.1, -0.05) is 86.7 Å². The van der Waals surface area contributed by atoms with E-state index in [0.29, 0.717) is 35.4 Å². The van der Waals surface area contributed by atoms with Crippen molar-refractivity contribution in [3.63, 3.8) is 0 Å². The van der Waals surface area contributed by atoms with Crippen LogP contribution in [0.2, 0.25) is 0 Å². The number of nitrogens with zero attached hydrogens (tertiary/aromatic N) is 11. The minimum absolute atomic E-state index is 0.0512. The zero-order valence-electron chi connectivity index (χ0n) is 32.7. The molecule has 10 rings (SSSR count). The van der Waals surface area contributed by atoms with Crippen LogP contribution in [0.5, 0.6) is 0 Å². The van der Waals surface area contributed by atoms with Crippen molar-refractivity contribution in [3.8, 4) is 0 Å². The molecule has 0 bridgehead atoms. The third-order valence-corrected chi connectivity index (χ3v) is 12.1. The van der Waals surface area contributed by atoms with Gasteiger partial charge in [0.05, 0.1) is 28.4 Å². The summed E-state index contributed by atoms with van der Waals surface area (Å²) in [6.45, 7) is 6.78. The average molecular weight is 918 g/mol. The highest BCUT2D eigenvalue weighted by Gasteiger charge is 2.24. The number of rotatable bonds is 7. The van der Waals surface area contributed by atoms with Gasteiger partial charge in [-0.3, -0.25) is 23.7 Å². The highest BCUT2D eigenvalue weighted by atomic mass is 79.9. The lowest BCUT2D eigenvalue weighted by Crippen LogP contribution is -2.28. The topological polar surface area (TPSA) is 124 Å². The molecule has 3 aromatic carbocycles. The van der Waals surface area contributed by atoms with Gasteiger partial charge in [0.2, 0.25) is 23.5 Å². The monoisotopic (exact) mass is 915 g/mol. The molecule has 7 heterocycles. The van der Waals surface area contributed by atoms with Gasteiger partial charge in [0, 0.05) is 54.1 Å². The molecule has 0 unspecified atom stereocenters. The first kappa shape index (κ1) is 38.8. The number of aromatic nitrogens is 9. The largest absolute Gasteiger partial charge is 0.341 e. The van der Waals surface area contributed by atoms with Crippen LogP contribution in [-0.2, 0) is 13.1 Å². The van der Waals surface area contributed by atoms with Gasteiger partial charge in [-0.15, -0.1) is 20.4 Å². The van der Waals surface area contributed by atoms with Crippen molar-refractivity contribution in [2.45, 2.75) is 58.5 Å². The molecule has 59 heavy (non-hydrogen) atoms. The van der Waals surface area contributed by atoms with Crippen molar-refractivity contribution >= 4 is 83.2 Å². The van der Waals surface area contributed by atoms with Crippen molar-refractivity contribution in [1.29, 1.82) is 0 Å². The molecular formula is C44H43Br2N11O2. The lowest BCUT2D eigenvalue weighted by atomic mass is 10.1. The van der Waals surface area contributed by atoms with Gasteiger partial charge in [-0.25, -0.2) is 8.80 Å². The SMILES string of the molecule is Cc1ccc(Cn2c(=O)c3cc(Br)ccc3n3c(N4CCCC4)nnc23)cc1.O=c1c2cc(Br)ccc2n2c(N3CCCCCC3)nnc2n1CC=Cc1ccncc1. The Bertz CT molecular complexity index is 2940. The molecule has 13 nitrogen and oxygen atoms in total. The number of benzene rings is 3. The third-order valence-electron chi connectivity index (χ3n) is 11.1. The zero-order valence-corrected chi connectivity index (χ0v) is 35.9. The van der Waals surface area contributed by atoms with E-state index in [4.69, 9.17) is 0 Å². The molecule has 0 saturated carbocycles. The summed E-state index contributed by atoms with van der Waals surface area (Å²) in [5.41, 5.74) is 4.85. The highest BCUT2D eigenvalue weighted by Crippen LogP contribution is 2.27. The number of fused-ring (bicyclic) bond motifs is 6. The molecule has 2 aliphatic rings. The number of allylic oxidation sites excluding steroid dienone is 1. The van der Waals surface area contributed by atoms with E-state index in [-0.39, 0.29) is 11.1 Å². The van der Waals surface area contributed by atoms with Crippen LogP contribution in [0.3, 0.4) is 0 Å². The fraction of sp³-hybridized carbons (Fsp3) is 0.295. The van der Waals surface area contributed by atoms with Crippen LogP contribution >= 0.6 is 31.9 Å². The maximum absolute atomic E-state index is 13.4. The molecule has 2 saturated heterocycles. The van der Waals surface area contributed by atoms with Crippen LogP contribution in [0.15, 0.2) is 110 Å². The van der Waals surface area contributed by atoms with E-state index in [1.807, 2.05) is 69.5 Å². The molecule has 2 aliphatic heterocycles.